The fourth-order valence-electron chi connectivity index (χ4n) is 2.34. The molecule has 0 amide bonds. The van der Waals surface area contributed by atoms with Crippen LogP contribution >= 0.6 is 27.3 Å². The standard InChI is InChI=1S/C16H22BrNS/c1-3-5-7-13-9-10-14(8-6-4-2)18(13)16-12-11-15(17)19-16/h9-12H,3-8H2,1-2H3. The van der Waals surface area contributed by atoms with E-state index in [9.17, 15) is 0 Å². The molecule has 0 aliphatic rings. The third-order valence-corrected chi connectivity index (χ3v) is 5.00. The fraction of sp³-hybridized carbons (Fsp3) is 0.500. The monoisotopic (exact) mass is 339 g/mol. The number of thiophene rings is 1. The molecule has 0 bridgehead atoms. The fourth-order valence-corrected chi connectivity index (χ4v) is 3.77. The average Bonchev–Trinajstić information content (AvgIpc) is 2.99. The zero-order chi connectivity index (χ0) is 13.7. The second-order valence-corrected chi connectivity index (χ2v) is 7.38. The Morgan fingerprint density at radius 3 is 1.95 bits per heavy atom. The van der Waals surface area contributed by atoms with Gasteiger partial charge in [-0.25, -0.2) is 0 Å². The smallest absolute Gasteiger partial charge is 0.101 e. The van der Waals surface area contributed by atoms with Crippen LogP contribution in [-0.2, 0) is 12.8 Å². The summed E-state index contributed by atoms with van der Waals surface area (Å²) in [6, 6.07) is 9.00. The third-order valence-electron chi connectivity index (χ3n) is 3.39. The summed E-state index contributed by atoms with van der Waals surface area (Å²) in [4.78, 5) is 0. The Morgan fingerprint density at radius 1 is 0.947 bits per heavy atom. The molecule has 0 unspecified atom stereocenters. The van der Waals surface area contributed by atoms with Crippen molar-refractivity contribution in [3.8, 4) is 5.00 Å². The van der Waals surface area contributed by atoms with Crippen molar-refractivity contribution in [1.29, 1.82) is 0 Å². The minimum atomic E-state index is 1.18. The minimum absolute atomic E-state index is 1.18. The van der Waals surface area contributed by atoms with Gasteiger partial charge in [-0.05, 0) is 65.9 Å². The zero-order valence-corrected chi connectivity index (χ0v) is 14.2. The Bertz CT molecular complexity index is 487. The summed E-state index contributed by atoms with van der Waals surface area (Å²) in [6.07, 6.45) is 7.40. The first kappa shape index (κ1) is 14.9. The van der Waals surface area contributed by atoms with Gasteiger partial charge in [-0.1, -0.05) is 26.7 Å². The van der Waals surface area contributed by atoms with E-state index in [1.165, 1.54) is 58.7 Å². The van der Waals surface area contributed by atoms with Crippen LogP contribution in [0.15, 0.2) is 28.1 Å². The lowest BCUT2D eigenvalue weighted by Gasteiger charge is -2.11. The van der Waals surface area contributed by atoms with Crippen LogP contribution in [0.2, 0.25) is 0 Å². The first-order valence-electron chi connectivity index (χ1n) is 7.21. The number of aromatic nitrogens is 1. The lowest BCUT2D eigenvalue weighted by Crippen LogP contribution is -2.03. The molecule has 104 valence electrons. The van der Waals surface area contributed by atoms with Crippen molar-refractivity contribution >= 4 is 27.3 Å². The van der Waals surface area contributed by atoms with Gasteiger partial charge in [0.05, 0.1) is 3.79 Å². The first-order chi connectivity index (χ1) is 9.26. The Kier molecular flexibility index (Phi) is 5.71. The summed E-state index contributed by atoms with van der Waals surface area (Å²) >= 11 is 5.40. The van der Waals surface area contributed by atoms with E-state index in [4.69, 9.17) is 0 Å². The highest BCUT2D eigenvalue weighted by molar-refractivity contribution is 9.11. The first-order valence-corrected chi connectivity index (χ1v) is 8.82. The molecule has 0 saturated carbocycles. The van der Waals surface area contributed by atoms with E-state index in [0.717, 1.165) is 0 Å². The molecule has 0 aliphatic carbocycles. The molecule has 0 N–H and O–H groups in total. The maximum Gasteiger partial charge on any atom is 0.101 e. The number of nitrogens with zero attached hydrogens (tertiary/aromatic N) is 1. The molecular formula is C16H22BrNS. The van der Waals surface area contributed by atoms with Crippen LogP contribution < -0.4 is 0 Å². The second-order valence-electron chi connectivity index (χ2n) is 4.94. The van der Waals surface area contributed by atoms with E-state index in [1.807, 2.05) is 11.3 Å². The molecule has 0 fully saturated rings. The van der Waals surface area contributed by atoms with E-state index in [0.29, 0.717) is 0 Å². The van der Waals surface area contributed by atoms with E-state index < -0.39 is 0 Å². The third kappa shape index (κ3) is 3.73. The van der Waals surface area contributed by atoms with Crippen molar-refractivity contribution in [2.75, 3.05) is 0 Å². The lowest BCUT2D eigenvalue weighted by atomic mass is 10.2. The molecule has 2 aromatic heterocycles. The lowest BCUT2D eigenvalue weighted by molar-refractivity contribution is 0.726. The summed E-state index contributed by atoms with van der Waals surface area (Å²) in [7, 11) is 0. The summed E-state index contributed by atoms with van der Waals surface area (Å²) in [5.41, 5.74) is 2.92. The minimum Gasteiger partial charge on any atom is -0.309 e. The van der Waals surface area contributed by atoms with Gasteiger partial charge >= 0.3 is 0 Å². The largest absolute Gasteiger partial charge is 0.309 e. The van der Waals surface area contributed by atoms with Gasteiger partial charge in [-0.2, -0.15) is 0 Å². The molecule has 0 spiro atoms. The predicted molar refractivity (Wildman–Crippen MR) is 88.6 cm³/mol. The van der Waals surface area contributed by atoms with E-state index >= 15 is 0 Å². The molecule has 1 nitrogen and oxygen atoms in total. The molecule has 2 aromatic rings. The Balaban J connectivity index is 2.31. The molecular weight excluding hydrogens is 318 g/mol. The van der Waals surface area contributed by atoms with Crippen molar-refractivity contribution in [2.24, 2.45) is 0 Å². The van der Waals surface area contributed by atoms with Gasteiger partial charge in [0.15, 0.2) is 0 Å². The molecule has 0 aromatic carbocycles. The number of hydrogen-bond acceptors (Lipinski definition) is 1. The zero-order valence-electron chi connectivity index (χ0n) is 11.8. The Hall–Kier alpha value is -0.540. The van der Waals surface area contributed by atoms with E-state index in [-0.39, 0.29) is 0 Å². The van der Waals surface area contributed by atoms with Gasteiger partial charge in [-0.3, -0.25) is 0 Å². The molecule has 0 atom stereocenters. The predicted octanol–water partition coefficient (Wildman–Crippen LogP) is 5.99. The van der Waals surface area contributed by atoms with E-state index in [2.05, 4.69) is 58.6 Å². The number of rotatable bonds is 7. The Morgan fingerprint density at radius 2 is 1.53 bits per heavy atom. The maximum atomic E-state index is 3.58. The van der Waals surface area contributed by atoms with E-state index in [1.54, 1.807) is 0 Å². The van der Waals surface area contributed by atoms with Crippen molar-refractivity contribution in [2.45, 2.75) is 52.4 Å². The van der Waals surface area contributed by atoms with Crippen LogP contribution in [0.5, 0.6) is 0 Å². The van der Waals surface area contributed by atoms with Gasteiger partial charge in [0.2, 0.25) is 0 Å². The highest BCUT2D eigenvalue weighted by Gasteiger charge is 2.11. The van der Waals surface area contributed by atoms with Crippen LogP contribution in [0, 0.1) is 0 Å². The average molecular weight is 340 g/mol. The summed E-state index contributed by atoms with van der Waals surface area (Å²) in [5, 5.41) is 1.34. The quantitative estimate of drug-likeness (QED) is 0.584. The maximum absolute atomic E-state index is 3.58. The van der Waals surface area contributed by atoms with Crippen LogP contribution in [0.25, 0.3) is 5.00 Å². The van der Waals surface area contributed by atoms with Crippen LogP contribution in [0.4, 0.5) is 0 Å². The summed E-state index contributed by atoms with van der Waals surface area (Å²) in [6.45, 7) is 4.51. The Labute approximate surface area is 128 Å². The number of unbranched alkanes of at least 4 members (excludes halogenated alkanes) is 2. The number of hydrogen-bond donors (Lipinski definition) is 0. The number of aryl methyl sites for hydroxylation is 2. The highest BCUT2D eigenvalue weighted by Crippen LogP contribution is 2.29. The van der Waals surface area contributed by atoms with Gasteiger partial charge < -0.3 is 4.57 Å². The van der Waals surface area contributed by atoms with Gasteiger partial charge in [0.25, 0.3) is 0 Å². The molecule has 3 heteroatoms. The summed E-state index contributed by atoms with van der Waals surface area (Å²) in [5.74, 6) is 0. The van der Waals surface area contributed by atoms with Gasteiger partial charge in [0.1, 0.15) is 5.00 Å². The van der Waals surface area contributed by atoms with Crippen molar-refractivity contribution in [3.63, 3.8) is 0 Å². The van der Waals surface area contributed by atoms with Crippen molar-refractivity contribution in [3.05, 3.63) is 39.4 Å². The van der Waals surface area contributed by atoms with Gasteiger partial charge in [0, 0.05) is 11.4 Å². The van der Waals surface area contributed by atoms with Crippen LogP contribution in [0.1, 0.15) is 50.9 Å². The second kappa shape index (κ2) is 7.30. The molecule has 19 heavy (non-hydrogen) atoms. The van der Waals surface area contributed by atoms with Crippen molar-refractivity contribution < 1.29 is 0 Å². The van der Waals surface area contributed by atoms with Crippen molar-refractivity contribution in [1.82, 2.24) is 4.57 Å². The number of halogens is 1. The molecule has 2 heterocycles. The molecule has 2 rings (SSSR count). The SMILES string of the molecule is CCCCc1ccc(CCCC)n1-c1ccc(Br)s1. The normalized spacial score (nSPS) is 11.1. The van der Waals surface area contributed by atoms with Crippen LogP contribution in [-0.4, -0.2) is 4.57 Å². The summed E-state index contributed by atoms with van der Waals surface area (Å²) < 4.78 is 3.68. The van der Waals surface area contributed by atoms with Gasteiger partial charge in [-0.15, -0.1) is 11.3 Å². The molecule has 0 radical (unpaired) electrons. The highest BCUT2D eigenvalue weighted by atomic mass is 79.9. The molecule has 0 saturated heterocycles. The topological polar surface area (TPSA) is 4.93 Å². The van der Waals surface area contributed by atoms with Crippen LogP contribution in [0.3, 0.4) is 0 Å². The molecule has 0 aliphatic heterocycles.